The van der Waals surface area contributed by atoms with Gasteiger partial charge in [0.1, 0.15) is 11.8 Å². The van der Waals surface area contributed by atoms with Crippen molar-refractivity contribution < 1.29 is 5.11 Å². The molecule has 1 unspecified atom stereocenters. The molecule has 29 heavy (non-hydrogen) atoms. The molecule has 5 rings (SSSR count). The van der Waals surface area contributed by atoms with Crippen molar-refractivity contribution in [2.45, 2.75) is 6.10 Å². The van der Waals surface area contributed by atoms with Crippen LogP contribution in [0.1, 0.15) is 17.5 Å². The largest absolute Gasteiger partial charge is 0.380 e. The Morgan fingerprint density at radius 3 is 2.83 bits per heavy atom. The number of nitrogens with one attached hydrogen (secondary N) is 2. The zero-order valence-corrected chi connectivity index (χ0v) is 16.1. The highest BCUT2D eigenvalue weighted by molar-refractivity contribution is 6.31. The van der Waals surface area contributed by atoms with Crippen molar-refractivity contribution in [2.24, 2.45) is 7.05 Å². The van der Waals surface area contributed by atoms with Crippen molar-refractivity contribution in [3.8, 4) is 22.5 Å². The van der Waals surface area contributed by atoms with Crippen LogP contribution in [-0.4, -0.2) is 40.0 Å². The summed E-state index contributed by atoms with van der Waals surface area (Å²) >= 11 is 6.19. The van der Waals surface area contributed by atoms with Crippen molar-refractivity contribution in [1.29, 1.82) is 0 Å². The van der Waals surface area contributed by atoms with Gasteiger partial charge in [0.15, 0.2) is 11.6 Å². The Balaban J connectivity index is 1.54. The molecule has 144 valence electrons. The molecular formula is C20H16ClN7O. The van der Waals surface area contributed by atoms with Crippen molar-refractivity contribution in [3.05, 3.63) is 71.5 Å². The molecule has 0 fully saturated rings. The second-order valence-electron chi connectivity index (χ2n) is 6.69. The first-order chi connectivity index (χ1) is 14.1. The first-order valence-corrected chi connectivity index (χ1v) is 9.29. The van der Waals surface area contributed by atoms with Crippen LogP contribution in [0.5, 0.6) is 0 Å². The molecule has 0 aliphatic carbocycles. The van der Waals surface area contributed by atoms with Gasteiger partial charge in [-0.25, -0.2) is 9.97 Å². The average molecular weight is 406 g/mol. The Labute approximate surface area is 170 Å². The fraction of sp³-hybridized carbons (Fsp3) is 0.100. The summed E-state index contributed by atoms with van der Waals surface area (Å²) in [5.41, 5.74) is 3.99. The summed E-state index contributed by atoms with van der Waals surface area (Å²) in [7, 11) is 1.87. The van der Waals surface area contributed by atoms with E-state index in [2.05, 4.69) is 30.2 Å². The number of aromatic nitrogens is 7. The Morgan fingerprint density at radius 1 is 1.17 bits per heavy atom. The van der Waals surface area contributed by atoms with Gasteiger partial charge in [-0.1, -0.05) is 29.8 Å². The van der Waals surface area contributed by atoms with Gasteiger partial charge in [-0.15, -0.1) is 0 Å². The van der Waals surface area contributed by atoms with E-state index in [1.54, 1.807) is 35.4 Å². The number of aryl methyl sites for hydroxylation is 1. The molecule has 4 aromatic heterocycles. The smallest absolute Gasteiger partial charge is 0.183 e. The van der Waals surface area contributed by atoms with E-state index in [0.29, 0.717) is 22.2 Å². The van der Waals surface area contributed by atoms with Crippen LogP contribution in [0.2, 0.25) is 5.02 Å². The lowest BCUT2D eigenvalue weighted by molar-refractivity contribution is 0.210. The monoisotopic (exact) mass is 405 g/mol. The van der Waals surface area contributed by atoms with Crippen molar-refractivity contribution >= 4 is 22.6 Å². The molecule has 0 amide bonds. The average Bonchev–Trinajstić information content (AvgIpc) is 3.46. The maximum atomic E-state index is 10.6. The molecule has 1 atom stereocenters. The molecule has 0 aliphatic heterocycles. The zero-order chi connectivity index (χ0) is 20.0. The third kappa shape index (κ3) is 3.08. The fourth-order valence-electron chi connectivity index (χ4n) is 3.28. The van der Waals surface area contributed by atoms with Crippen LogP contribution in [0.25, 0.3) is 33.5 Å². The minimum atomic E-state index is -1.00. The van der Waals surface area contributed by atoms with Gasteiger partial charge in [0.25, 0.3) is 0 Å². The van der Waals surface area contributed by atoms with Gasteiger partial charge in [-0.05, 0) is 12.1 Å². The van der Waals surface area contributed by atoms with Gasteiger partial charge >= 0.3 is 0 Å². The highest BCUT2D eigenvalue weighted by Gasteiger charge is 2.20. The maximum absolute atomic E-state index is 10.6. The van der Waals surface area contributed by atoms with E-state index < -0.39 is 6.10 Å². The van der Waals surface area contributed by atoms with Crippen LogP contribution < -0.4 is 0 Å². The van der Waals surface area contributed by atoms with E-state index in [9.17, 15) is 5.11 Å². The van der Waals surface area contributed by atoms with Gasteiger partial charge in [-0.2, -0.15) is 10.2 Å². The summed E-state index contributed by atoms with van der Waals surface area (Å²) in [6.45, 7) is 0. The molecule has 3 N–H and O–H groups in total. The molecule has 0 radical (unpaired) electrons. The number of nitrogens with zero attached hydrogens (tertiary/aromatic N) is 5. The quantitative estimate of drug-likeness (QED) is 0.424. The second kappa shape index (κ2) is 6.84. The van der Waals surface area contributed by atoms with Gasteiger partial charge < -0.3 is 10.1 Å². The van der Waals surface area contributed by atoms with E-state index in [1.165, 1.54) is 0 Å². The van der Waals surface area contributed by atoms with Gasteiger partial charge in [0.05, 0.1) is 6.20 Å². The van der Waals surface area contributed by atoms with E-state index in [4.69, 9.17) is 11.6 Å². The lowest BCUT2D eigenvalue weighted by Crippen LogP contribution is -2.02. The number of rotatable bonds is 4. The first-order valence-electron chi connectivity index (χ1n) is 8.91. The third-order valence-corrected chi connectivity index (χ3v) is 5.12. The number of aromatic amines is 2. The number of hydrogen-bond donors (Lipinski definition) is 3. The predicted octanol–water partition coefficient (Wildman–Crippen LogP) is 3.48. The number of pyridine rings is 1. The summed E-state index contributed by atoms with van der Waals surface area (Å²) in [5.74, 6) is 0.779. The van der Waals surface area contributed by atoms with Gasteiger partial charge in [0.2, 0.25) is 0 Å². The maximum Gasteiger partial charge on any atom is 0.183 e. The topological polar surface area (TPSA) is 108 Å². The van der Waals surface area contributed by atoms with Crippen molar-refractivity contribution in [1.82, 2.24) is 34.9 Å². The van der Waals surface area contributed by atoms with Crippen LogP contribution in [0.4, 0.5) is 0 Å². The summed E-state index contributed by atoms with van der Waals surface area (Å²) in [5, 5.41) is 23.3. The molecule has 4 heterocycles. The van der Waals surface area contributed by atoms with Crippen LogP contribution in [-0.2, 0) is 7.05 Å². The van der Waals surface area contributed by atoms with Crippen LogP contribution in [0.3, 0.4) is 0 Å². The third-order valence-electron chi connectivity index (χ3n) is 4.77. The van der Waals surface area contributed by atoms with E-state index in [-0.39, 0.29) is 0 Å². The number of hydrogen-bond acceptors (Lipinski definition) is 5. The van der Waals surface area contributed by atoms with Crippen molar-refractivity contribution in [2.75, 3.05) is 0 Å². The Kier molecular flexibility index (Phi) is 4.15. The molecular weight excluding hydrogens is 390 g/mol. The second-order valence-corrected chi connectivity index (χ2v) is 7.10. The summed E-state index contributed by atoms with van der Waals surface area (Å²) in [4.78, 5) is 12.1. The molecule has 8 nitrogen and oxygen atoms in total. The molecule has 0 spiro atoms. The Morgan fingerprint density at radius 2 is 2.03 bits per heavy atom. The first kappa shape index (κ1) is 17.6. The number of benzene rings is 1. The minimum absolute atomic E-state index is 0.318. The van der Waals surface area contributed by atoms with Gasteiger partial charge in [0, 0.05) is 58.3 Å². The summed E-state index contributed by atoms with van der Waals surface area (Å²) in [6.07, 6.45) is 6.32. The minimum Gasteiger partial charge on any atom is -0.380 e. The Bertz CT molecular complexity index is 1320. The predicted molar refractivity (Wildman–Crippen MR) is 109 cm³/mol. The molecule has 0 aliphatic rings. The molecule has 1 aromatic carbocycles. The lowest BCUT2D eigenvalue weighted by Gasteiger charge is -2.08. The molecule has 0 bridgehead atoms. The van der Waals surface area contributed by atoms with E-state index in [1.807, 2.05) is 31.4 Å². The Hall–Kier alpha value is -3.49. The molecule has 0 saturated carbocycles. The SMILES string of the molecule is Cn1cc(-c2cnc3[nH]cc(-c4n[nH]c(C(O)c5ccccc5Cl)n4)c3c2)cn1. The molecule has 0 saturated heterocycles. The van der Waals surface area contributed by atoms with E-state index in [0.717, 1.165) is 27.7 Å². The molecule has 5 aromatic rings. The van der Waals surface area contributed by atoms with E-state index >= 15 is 0 Å². The van der Waals surface area contributed by atoms with Crippen molar-refractivity contribution in [3.63, 3.8) is 0 Å². The number of aliphatic hydroxyl groups is 1. The normalized spacial score (nSPS) is 12.5. The lowest BCUT2D eigenvalue weighted by atomic mass is 10.1. The van der Waals surface area contributed by atoms with Crippen LogP contribution >= 0.6 is 11.6 Å². The number of aliphatic hydroxyl groups excluding tert-OH is 1. The summed E-state index contributed by atoms with van der Waals surface area (Å²) < 4.78 is 1.75. The van der Waals surface area contributed by atoms with Crippen LogP contribution in [0, 0.1) is 0 Å². The highest BCUT2D eigenvalue weighted by atomic mass is 35.5. The number of H-pyrrole nitrogens is 2. The summed E-state index contributed by atoms with van der Waals surface area (Å²) in [6, 6.07) is 9.12. The fourth-order valence-corrected chi connectivity index (χ4v) is 3.52. The number of halogens is 1. The van der Waals surface area contributed by atoms with Crippen LogP contribution in [0.15, 0.2) is 55.1 Å². The number of fused-ring (bicyclic) bond motifs is 1. The van der Waals surface area contributed by atoms with Gasteiger partial charge in [-0.3, -0.25) is 9.78 Å². The highest BCUT2D eigenvalue weighted by Crippen LogP contribution is 2.31. The standard InChI is InChI=1S/C20H16ClN7O/c1-28-10-12(8-24-28)11-6-14-15(9-23-18(14)22-7-11)19-25-20(27-26-19)17(29)13-4-2-3-5-16(13)21/h2-10,17,29H,1H3,(H,22,23)(H,25,26,27). The molecule has 9 heteroatoms. The zero-order valence-electron chi connectivity index (χ0n) is 15.3.